The minimum atomic E-state index is -2.92. The Morgan fingerprint density at radius 1 is 1.19 bits per heavy atom. The molecule has 3 rings (SSSR count). The lowest BCUT2D eigenvalue weighted by Gasteiger charge is -2.19. The highest BCUT2D eigenvalue weighted by Gasteiger charge is 2.24. The molecule has 0 saturated carbocycles. The number of benzene rings is 2. The van der Waals surface area contributed by atoms with Crippen LogP contribution in [0.2, 0.25) is 0 Å². The Bertz CT molecular complexity index is 840. The van der Waals surface area contributed by atoms with Crippen molar-refractivity contribution in [1.82, 2.24) is 0 Å². The number of nitrogens with zero attached hydrogens (tertiary/aromatic N) is 1. The molecule has 2 aromatic carbocycles. The highest BCUT2D eigenvalue weighted by molar-refractivity contribution is 6.05. The summed E-state index contributed by atoms with van der Waals surface area (Å²) in [5, 5.41) is 2.71. The Hall–Kier alpha value is -3.16. The molecule has 0 unspecified atom stereocenters. The molecule has 0 aromatic heterocycles. The number of amides is 2. The van der Waals surface area contributed by atoms with Crippen LogP contribution in [0.3, 0.4) is 0 Å². The normalized spacial score (nSPS) is 13.8. The van der Waals surface area contributed by atoms with Gasteiger partial charge in [-0.2, -0.15) is 8.78 Å². The van der Waals surface area contributed by atoms with Crippen molar-refractivity contribution >= 4 is 23.2 Å². The Morgan fingerprint density at radius 3 is 2.52 bits per heavy atom. The van der Waals surface area contributed by atoms with Gasteiger partial charge in [0.1, 0.15) is 11.5 Å². The van der Waals surface area contributed by atoms with Crippen LogP contribution in [0.15, 0.2) is 42.5 Å². The second kappa shape index (κ2) is 8.03. The molecule has 6 nitrogen and oxygen atoms in total. The van der Waals surface area contributed by atoms with E-state index in [1.54, 1.807) is 23.1 Å². The molecule has 1 heterocycles. The van der Waals surface area contributed by atoms with E-state index in [0.29, 0.717) is 30.1 Å². The van der Waals surface area contributed by atoms with Gasteiger partial charge in [-0.3, -0.25) is 9.59 Å². The maximum atomic E-state index is 12.3. The van der Waals surface area contributed by atoms with Gasteiger partial charge in [0.15, 0.2) is 0 Å². The Labute approximate surface area is 154 Å². The minimum Gasteiger partial charge on any atom is -0.494 e. The first kappa shape index (κ1) is 18.6. The van der Waals surface area contributed by atoms with Crippen molar-refractivity contribution in [3.63, 3.8) is 0 Å². The lowest BCUT2D eigenvalue weighted by molar-refractivity contribution is -0.117. The van der Waals surface area contributed by atoms with Gasteiger partial charge in [0, 0.05) is 30.3 Å². The van der Waals surface area contributed by atoms with Crippen LogP contribution in [0.5, 0.6) is 11.5 Å². The first-order chi connectivity index (χ1) is 13.0. The number of hydrogen-bond donors (Lipinski definition) is 1. The van der Waals surface area contributed by atoms with E-state index in [0.717, 1.165) is 6.42 Å². The maximum Gasteiger partial charge on any atom is 0.387 e. The number of halogens is 2. The fourth-order valence-corrected chi connectivity index (χ4v) is 2.87. The molecule has 2 amide bonds. The van der Waals surface area contributed by atoms with Crippen LogP contribution in [-0.2, 0) is 4.79 Å². The van der Waals surface area contributed by atoms with Crippen LogP contribution in [0.25, 0.3) is 0 Å². The van der Waals surface area contributed by atoms with Gasteiger partial charge < -0.3 is 19.7 Å². The fourth-order valence-electron chi connectivity index (χ4n) is 2.87. The second-order valence-electron chi connectivity index (χ2n) is 5.89. The van der Waals surface area contributed by atoms with E-state index in [-0.39, 0.29) is 17.2 Å². The number of rotatable bonds is 6. The molecule has 0 radical (unpaired) electrons. The third kappa shape index (κ3) is 4.33. The molecule has 8 heteroatoms. The quantitative estimate of drug-likeness (QED) is 0.835. The number of anilines is 2. The number of ether oxygens (including phenoxy) is 2. The average molecular weight is 376 g/mol. The van der Waals surface area contributed by atoms with Crippen molar-refractivity contribution in [1.29, 1.82) is 0 Å². The van der Waals surface area contributed by atoms with Gasteiger partial charge >= 0.3 is 6.61 Å². The highest BCUT2D eigenvalue weighted by atomic mass is 19.3. The van der Waals surface area contributed by atoms with E-state index >= 15 is 0 Å². The van der Waals surface area contributed by atoms with Gasteiger partial charge in [0.25, 0.3) is 5.91 Å². The standard InChI is InChI=1S/C19H18F2N2O4/c1-26-16-11-13(6-9-15(16)23-10-2-3-17(23)24)22-18(25)12-4-7-14(8-5-12)27-19(20)21/h4-9,11,19H,2-3,10H2,1H3,(H,22,25). The molecule has 1 fully saturated rings. The molecule has 1 N–H and O–H groups in total. The Morgan fingerprint density at radius 2 is 1.93 bits per heavy atom. The molecule has 0 spiro atoms. The first-order valence-electron chi connectivity index (χ1n) is 8.32. The molecule has 1 aliphatic rings. The molecule has 27 heavy (non-hydrogen) atoms. The zero-order chi connectivity index (χ0) is 19.4. The number of nitrogens with one attached hydrogen (secondary N) is 1. The van der Waals surface area contributed by atoms with E-state index in [4.69, 9.17) is 4.74 Å². The molecule has 1 saturated heterocycles. The zero-order valence-electron chi connectivity index (χ0n) is 14.6. The van der Waals surface area contributed by atoms with E-state index in [2.05, 4.69) is 10.1 Å². The monoisotopic (exact) mass is 376 g/mol. The summed E-state index contributed by atoms with van der Waals surface area (Å²) in [5.74, 6) is 0.0772. The molecule has 1 aliphatic heterocycles. The van der Waals surface area contributed by atoms with Gasteiger partial charge in [-0.05, 0) is 42.8 Å². The predicted molar refractivity (Wildman–Crippen MR) is 95.6 cm³/mol. The van der Waals surface area contributed by atoms with Gasteiger partial charge in [0.2, 0.25) is 5.91 Å². The van der Waals surface area contributed by atoms with Crippen LogP contribution in [-0.4, -0.2) is 32.1 Å². The van der Waals surface area contributed by atoms with Gasteiger partial charge in [0.05, 0.1) is 12.8 Å². The van der Waals surface area contributed by atoms with Crippen molar-refractivity contribution in [2.45, 2.75) is 19.5 Å². The number of methoxy groups -OCH3 is 1. The third-order valence-electron chi connectivity index (χ3n) is 4.14. The van der Waals surface area contributed by atoms with Crippen LogP contribution < -0.4 is 19.7 Å². The van der Waals surface area contributed by atoms with Crippen molar-refractivity contribution in [3.8, 4) is 11.5 Å². The van der Waals surface area contributed by atoms with Gasteiger partial charge in [-0.15, -0.1) is 0 Å². The van der Waals surface area contributed by atoms with Crippen LogP contribution in [0, 0.1) is 0 Å². The smallest absolute Gasteiger partial charge is 0.387 e. The van der Waals surface area contributed by atoms with E-state index in [9.17, 15) is 18.4 Å². The van der Waals surface area contributed by atoms with Crippen molar-refractivity contribution in [2.75, 3.05) is 23.9 Å². The summed E-state index contributed by atoms with van der Waals surface area (Å²) in [6.07, 6.45) is 1.30. The maximum absolute atomic E-state index is 12.3. The van der Waals surface area contributed by atoms with Crippen molar-refractivity contribution in [2.24, 2.45) is 0 Å². The highest BCUT2D eigenvalue weighted by Crippen LogP contribution is 2.34. The summed E-state index contributed by atoms with van der Waals surface area (Å²) >= 11 is 0. The van der Waals surface area contributed by atoms with E-state index < -0.39 is 12.5 Å². The molecule has 0 aliphatic carbocycles. The van der Waals surface area contributed by atoms with Crippen LogP contribution >= 0.6 is 0 Å². The number of hydrogen-bond acceptors (Lipinski definition) is 4. The van der Waals surface area contributed by atoms with Crippen molar-refractivity contribution in [3.05, 3.63) is 48.0 Å². The SMILES string of the molecule is COc1cc(NC(=O)c2ccc(OC(F)F)cc2)ccc1N1CCCC1=O. The van der Waals surface area contributed by atoms with Crippen LogP contribution in [0.1, 0.15) is 23.2 Å². The fraction of sp³-hybridized carbons (Fsp3) is 0.263. The average Bonchev–Trinajstić information content (AvgIpc) is 3.07. The molecule has 2 aromatic rings. The lowest BCUT2D eigenvalue weighted by Crippen LogP contribution is -2.24. The first-order valence-corrected chi connectivity index (χ1v) is 8.32. The third-order valence-corrected chi connectivity index (χ3v) is 4.14. The number of carbonyl (C=O) groups excluding carboxylic acids is 2. The second-order valence-corrected chi connectivity index (χ2v) is 5.89. The summed E-state index contributed by atoms with van der Waals surface area (Å²) in [6, 6.07) is 10.4. The molecule has 0 bridgehead atoms. The molecule has 142 valence electrons. The van der Waals surface area contributed by atoms with E-state index in [1.165, 1.54) is 31.4 Å². The van der Waals surface area contributed by atoms with Gasteiger partial charge in [-0.1, -0.05) is 0 Å². The molecule has 0 atom stereocenters. The Kier molecular flexibility index (Phi) is 5.54. The molecular formula is C19H18F2N2O4. The number of carbonyl (C=O) groups is 2. The topological polar surface area (TPSA) is 67.9 Å². The summed E-state index contributed by atoms with van der Waals surface area (Å²) in [4.78, 5) is 25.9. The minimum absolute atomic E-state index is 0.0251. The number of alkyl halides is 2. The summed E-state index contributed by atoms with van der Waals surface area (Å²) in [7, 11) is 1.49. The summed E-state index contributed by atoms with van der Waals surface area (Å²) < 4.78 is 33.9. The van der Waals surface area contributed by atoms with Crippen molar-refractivity contribution < 1.29 is 27.8 Å². The predicted octanol–water partition coefficient (Wildman–Crippen LogP) is 3.68. The zero-order valence-corrected chi connectivity index (χ0v) is 14.6. The largest absolute Gasteiger partial charge is 0.494 e. The Balaban J connectivity index is 1.73. The molecular weight excluding hydrogens is 358 g/mol. The van der Waals surface area contributed by atoms with Gasteiger partial charge in [-0.25, -0.2) is 0 Å². The lowest BCUT2D eigenvalue weighted by atomic mass is 10.2. The van der Waals surface area contributed by atoms with Crippen LogP contribution in [0.4, 0.5) is 20.2 Å². The summed E-state index contributed by atoms with van der Waals surface area (Å²) in [5.41, 5.74) is 1.43. The van der Waals surface area contributed by atoms with E-state index in [1.807, 2.05) is 0 Å². The summed E-state index contributed by atoms with van der Waals surface area (Å²) in [6.45, 7) is -2.29.